The fraction of sp³-hybridized carbons (Fsp3) is 0.647. The summed E-state index contributed by atoms with van der Waals surface area (Å²) in [6.45, 7) is 2.33. The van der Waals surface area contributed by atoms with E-state index in [9.17, 15) is 19.8 Å². The number of hydrogen-bond donors (Lipinski definition) is 2. The van der Waals surface area contributed by atoms with Crippen LogP contribution in [0.5, 0.6) is 0 Å². The van der Waals surface area contributed by atoms with Crippen molar-refractivity contribution in [3.8, 4) is 0 Å². The molecule has 0 bridgehead atoms. The number of aliphatic hydroxyl groups excluding tert-OH is 1. The van der Waals surface area contributed by atoms with Crippen LogP contribution in [0.2, 0.25) is 0 Å². The summed E-state index contributed by atoms with van der Waals surface area (Å²) in [5.41, 5.74) is 0. The van der Waals surface area contributed by atoms with Gasteiger partial charge in [0.1, 0.15) is 12.6 Å². The third-order valence-corrected chi connectivity index (χ3v) is 3.17. The zero-order valence-electron chi connectivity index (χ0n) is 14.2. The maximum Gasteiger partial charge on any atom is 0.317 e. The maximum atomic E-state index is 12.0. The van der Waals surface area contributed by atoms with Crippen LogP contribution in [0.25, 0.3) is 0 Å². The number of quaternary nitrogens is 1. The fourth-order valence-corrected chi connectivity index (χ4v) is 2.08. The summed E-state index contributed by atoms with van der Waals surface area (Å²) in [7, 11) is 5.50. The summed E-state index contributed by atoms with van der Waals surface area (Å²) in [5, 5.41) is 19.2. The Balaban J connectivity index is 4.57. The molecule has 0 aliphatic carbocycles. The van der Waals surface area contributed by atoms with Crippen molar-refractivity contribution in [3.63, 3.8) is 0 Å². The second kappa shape index (κ2) is 10.3. The number of unbranched alkanes of at least 4 members (excludes halogenated alkanes) is 3. The van der Waals surface area contributed by atoms with Gasteiger partial charge in [0.2, 0.25) is 0 Å². The number of hydrogen-bond acceptors (Lipinski definition) is 3. The molecule has 2 atom stereocenters. The third kappa shape index (κ3) is 9.47. The summed E-state index contributed by atoms with van der Waals surface area (Å²) < 4.78 is 0.388. The monoisotopic (exact) mass is 312 g/mol. The molecule has 0 saturated carbocycles. The van der Waals surface area contributed by atoms with E-state index >= 15 is 0 Å². The first-order valence-electron chi connectivity index (χ1n) is 7.77. The molecule has 0 fully saturated rings. The number of carbonyl (C=O) groups excluding carboxylic acids is 1. The van der Waals surface area contributed by atoms with E-state index in [2.05, 4.69) is 6.92 Å². The molecule has 0 amide bonds. The average molecular weight is 312 g/mol. The Morgan fingerprint density at radius 2 is 1.77 bits per heavy atom. The first-order valence-corrected chi connectivity index (χ1v) is 7.77. The van der Waals surface area contributed by atoms with E-state index in [4.69, 9.17) is 0 Å². The molecule has 126 valence electrons. The van der Waals surface area contributed by atoms with Crippen LogP contribution in [0, 0.1) is 5.92 Å². The number of aliphatic carboxylic acids is 1. The van der Waals surface area contributed by atoms with Gasteiger partial charge in [-0.05, 0) is 18.9 Å². The average Bonchev–Trinajstić information content (AvgIpc) is 2.35. The van der Waals surface area contributed by atoms with Crippen LogP contribution < -0.4 is 0 Å². The topological polar surface area (TPSA) is 74.6 Å². The maximum absolute atomic E-state index is 12.0. The first-order chi connectivity index (χ1) is 10.2. The van der Waals surface area contributed by atoms with Crippen molar-refractivity contribution in [1.29, 1.82) is 0 Å². The highest BCUT2D eigenvalue weighted by Crippen LogP contribution is 2.11. The molecule has 0 aromatic heterocycles. The lowest BCUT2D eigenvalue weighted by molar-refractivity contribution is -0.873. The standard InChI is InChI=1S/C17H29NO4/c1-5-6-7-8-9-10-11-12-14(19)16(17(21)22)15(20)13-18(2,3)4/h9-12,15-16,20H,5-8,13H2,1-4H3/p+1/b10-9+,12-11+. The number of carboxylic acid groups (broad SMARTS) is 1. The molecule has 0 rings (SSSR count). The summed E-state index contributed by atoms with van der Waals surface area (Å²) in [6.07, 6.45) is 9.65. The van der Waals surface area contributed by atoms with E-state index in [-0.39, 0.29) is 6.54 Å². The largest absolute Gasteiger partial charge is 0.481 e. The normalized spacial score (nSPS) is 15.3. The van der Waals surface area contributed by atoms with Gasteiger partial charge in [-0.1, -0.05) is 38.0 Å². The van der Waals surface area contributed by atoms with E-state index in [0.717, 1.165) is 19.3 Å². The number of rotatable bonds is 11. The Hall–Kier alpha value is -1.46. The van der Waals surface area contributed by atoms with Gasteiger partial charge in [-0.2, -0.15) is 0 Å². The molecule has 0 radical (unpaired) electrons. The van der Waals surface area contributed by atoms with Gasteiger partial charge in [0.15, 0.2) is 11.7 Å². The highest BCUT2D eigenvalue weighted by molar-refractivity contribution is 6.05. The minimum Gasteiger partial charge on any atom is -0.481 e. The Labute approximate surface area is 133 Å². The van der Waals surface area contributed by atoms with Crippen LogP contribution in [-0.4, -0.2) is 60.2 Å². The van der Waals surface area contributed by atoms with Crippen molar-refractivity contribution in [2.75, 3.05) is 27.7 Å². The van der Waals surface area contributed by atoms with Crippen molar-refractivity contribution in [1.82, 2.24) is 0 Å². The second-order valence-electron chi connectivity index (χ2n) is 6.54. The lowest BCUT2D eigenvalue weighted by Crippen LogP contribution is -2.47. The molecular formula is C17H30NO4+. The van der Waals surface area contributed by atoms with E-state index in [1.165, 1.54) is 12.5 Å². The molecule has 0 heterocycles. The van der Waals surface area contributed by atoms with Gasteiger partial charge in [-0.3, -0.25) is 9.59 Å². The summed E-state index contributed by atoms with van der Waals surface area (Å²) in [4.78, 5) is 23.2. The molecule has 0 saturated heterocycles. The molecule has 5 heteroatoms. The Morgan fingerprint density at radius 1 is 1.14 bits per heavy atom. The molecular weight excluding hydrogens is 282 g/mol. The lowest BCUT2D eigenvalue weighted by Gasteiger charge is -2.28. The van der Waals surface area contributed by atoms with E-state index in [0.29, 0.717) is 4.48 Å². The van der Waals surface area contributed by atoms with Crippen molar-refractivity contribution < 1.29 is 24.3 Å². The predicted molar refractivity (Wildman–Crippen MR) is 87.5 cm³/mol. The smallest absolute Gasteiger partial charge is 0.317 e. The van der Waals surface area contributed by atoms with Gasteiger partial charge in [0.25, 0.3) is 0 Å². The summed E-state index contributed by atoms with van der Waals surface area (Å²) in [5.74, 6) is -3.28. The molecule has 0 aromatic rings. The number of ketones is 1. The van der Waals surface area contributed by atoms with E-state index in [1.807, 2.05) is 27.2 Å². The molecule has 2 unspecified atom stereocenters. The molecule has 5 nitrogen and oxygen atoms in total. The van der Waals surface area contributed by atoms with Gasteiger partial charge in [0, 0.05) is 0 Å². The van der Waals surface area contributed by atoms with Gasteiger partial charge in [-0.25, -0.2) is 0 Å². The fourth-order valence-electron chi connectivity index (χ4n) is 2.08. The number of allylic oxidation sites excluding steroid dienone is 4. The Morgan fingerprint density at radius 3 is 2.27 bits per heavy atom. The van der Waals surface area contributed by atoms with Gasteiger partial charge in [-0.15, -0.1) is 0 Å². The third-order valence-electron chi connectivity index (χ3n) is 3.17. The number of carbonyl (C=O) groups is 2. The zero-order valence-corrected chi connectivity index (χ0v) is 14.2. The molecule has 0 aliphatic rings. The van der Waals surface area contributed by atoms with Crippen LogP contribution >= 0.6 is 0 Å². The Bertz CT molecular complexity index is 407. The number of aliphatic hydroxyl groups is 1. The minimum absolute atomic E-state index is 0.198. The number of likely N-dealkylation sites (N-methyl/N-ethyl adjacent to an activating group) is 1. The zero-order chi connectivity index (χ0) is 17.2. The van der Waals surface area contributed by atoms with E-state index in [1.54, 1.807) is 12.2 Å². The van der Waals surface area contributed by atoms with Crippen LogP contribution in [0.15, 0.2) is 24.3 Å². The van der Waals surface area contributed by atoms with Crippen LogP contribution in [-0.2, 0) is 9.59 Å². The van der Waals surface area contributed by atoms with Gasteiger partial charge < -0.3 is 14.7 Å². The van der Waals surface area contributed by atoms with Gasteiger partial charge >= 0.3 is 5.97 Å². The Kier molecular flexibility index (Phi) is 9.61. The summed E-state index contributed by atoms with van der Waals surface area (Å²) >= 11 is 0. The number of nitrogens with zero attached hydrogens (tertiary/aromatic N) is 1. The molecule has 0 aliphatic heterocycles. The highest BCUT2D eigenvalue weighted by Gasteiger charge is 2.35. The SMILES string of the molecule is CCCCC/C=C/C=C/C(=O)C(C(=O)O)C(O)C[N+](C)(C)C. The van der Waals surface area contributed by atoms with Crippen molar-refractivity contribution in [2.45, 2.75) is 38.7 Å². The van der Waals surface area contributed by atoms with E-state index < -0.39 is 23.8 Å². The van der Waals surface area contributed by atoms with Crippen LogP contribution in [0.4, 0.5) is 0 Å². The lowest BCUT2D eigenvalue weighted by atomic mass is 9.96. The van der Waals surface area contributed by atoms with Crippen LogP contribution in [0.3, 0.4) is 0 Å². The van der Waals surface area contributed by atoms with Crippen molar-refractivity contribution >= 4 is 11.8 Å². The van der Waals surface area contributed by atoms with Gasteiger partial charge in [0.05, 0.1) is 21.1 Å². The highest BCUT2D eigenvalue weighted by atomic mass is 16.4. The van der Waals surface area contributed by atoms with Crippen LogP contribution in [0.1, 0.15) is 32.6 Å². The van der Waals surface area contributed by atoms with Crippen molar-refractivity contribution in [3.05, 3.63) is 24.3 Å². The van der Waals surface area contributed by atoms with Crippen molar-refractivity contribution in [2.24, 2.45) is 5.92 Å². The first kappa shape index (κ1) is 20.5. The quantitative estimate of drug-likeness (QED) is 0.201. The molecule has 2 N–H and O–H groups in total. The predicted octanol–water partition coefficient (Wildman–Crippen LogP) is 2.02. The molecule has 0 aromatic carbocycles. The molecule has 0 spiro atoms. The minimum atomic E-state index is -1.41. The summed E-state index contributed by atoms with van der Waals surface area (Å²) in [6, 6.07) is 0. The number of carboxylic acids is 1. The molecule has 22 heavy (non-hydrogen) atoms. The second-order valence-corrected chi connectivity index (χ2v) is 6.54.